The fourth-order valence-corrected chi connectivity index (χ4v) is 5.07. The van der Waals surface area contributed by atoms with Crippen molar-refractivity contribution in [2.24, 2.45) is 23.5 Å². The number of nitrogens with one attached hydrogen (secondary N) is 1. The lowest BCUT2D eigenvalue weighted by molar-refractivity contribution is -0.127. The minimum Gasteiger partial charge on any atom is -0.355 e. The third kappa shape index (κ3) is 2.84. The highest BCUT2D eigenvalue weighted by Crippen LogP contribution is 2.48. The standard InChI is InChI=1S/C19H25FN2O.ClH/c20-15-6-4-14(5-7-15)19(8-1-9-19)11-22-18(23)16-12-2-3-13(10-12)17(16)21;/h4-7,12-13,16-17H,1-3,8-11,21H2,(H,22,23);1H. The Hall–Kier alpha value is -1.13. The number of amides is 1. The number of nitrogens with two attached hydrogens (primary N) is 1. The Kier molecular flexibility index (Phi) is 4.89. The summed E-state index contributed by atoms with van der Waals surface area (Å²) in [5, 5.41) is 3.18. The molecule has 3 fully saturated rings. The summed E-state index contributed by atoms with van der Waals surface area (Å²) in [5.74, 6) is 0.959. The molecule has 0 heterocycles. The predicted octanol–water partition coefficient (Wildman–Crippen LogP) is 3.16. The summed E-state index contributed by atoms with van der Waals surface area (Å²) in [4.78, 5) is 12.7. The van der Waals surface area contributed by atoms with Gasteiger partial charge in [0.05, 0.1) is 5.92 Å². The third-order valence-electron chi connectivity index (χ3n) is 6.65. The highest BCUT2D eigenvalue weighted by atomic mass is 35.5. The van der Waals surface area contributed by atoms with Crippen molar-refractivity contribution in [3.63, 3.8) is 0 Å². The molecule has 1 amide bonds. The third-order valence-corrected chi connectivity index (χ3v) is 6.65. The van der Waals surface area contributed by atoms with Crippen LogP contribution >= 0.6 is 12.4 Å². The lowest BCUT2D eigenvalue weighted by atomic mass is 9.64. The molecule has 5 heteroatoms. The minimum atomic E-state index is -0.208. The van der Waals surface area contributed by atoms with Gasteiger partial charge in [-0.15, -0.1) is 12.4 Å². The highest BCUT2D eigenvalue weighted by molar-refractivity contribution is 5.85. The number of rotatable bonds is 4. The molecule has 3 N–H and O–H groups in total. The summed E-state index contributed by atoms with van der Waals surface area (Å²) in [7, 11) is 0. The van der Waals surface area contributed by atoms with E-state index >= 15 is 0 Å². The van der Waals surface area contributed by atoms with E-state index in [1.165, 1.54) is 25.0 Å². The van der Waals surface area contributed by atoms with Crippen LogP contribution in [-0.4, -0.2) is 18.5 Å². The minimum absolute atomic E-state index is 0. The molecule has 3 aliphatic rings. The average Bonchev–Trinajstić information content (AvgIpc) is 3.08. The molecule has 3 saturated carbocycles. The van der Waals surface area contributed by atoms with Crippen molar-refractivity contribution in [2.45, 2.75) is 50.0 Å². The zero-order chi connectivity index (χ0) is 16.0. The van der Waals surface area contributed by atoms with E-state index in [-0.39, 0.29) is 41.5 Å². The van der Waals surface area contributed by atoms with Gasteiger partial charge < -0.3 is 11.1 Å². The van der Waals surface area contributed by atoms with E-state index < -0.39 is 0 Å². The number of fused-ring (bicyclic) bond motifs is 2. The summed E-state index contributed by atoms with van der Waals surface area (Å²) >= 11 is 0. The largest absolute Gasteiger partial charge is 0.355 e. The first-order valence-electron chi connectivity index (χ1n) is 8.88. The number of benzene rings is 1. The van der Waals surface area contributed by atoms with Crippen molar-refractivity contribution >= 4 is 18.3 Å². The maximum atomic E-state index is 13.2. The van der Waals surface area contributed by atoms with Crippen molar-refractivity contribution < 1.29 is 9.18 Å². The Bertz CT molecular complexity index is 600. The first-order valence-corrected chi connectivity index (χ1v) is 8.88. The molecule has 0 spiro atoms. The molecule has 24 heavy (non-hydrogen) atoms. The van der Waals surface area contributed by atoms with E-state index in [1.54, 1.807) is 0 Å². The van der Waals surface area contributed by atoms with Gasteiger partial charge in [0.2, 0.25) is 5.91 Å². The van der Waals surface area contributed by atoms with Gasteiger partial charge in [0.25, 0.3) is 0 Å². The zero-order valence-electron chi connectivity index (χ0n) is 13.8. The molecule has 0 aromatic heterocycles. The number of carbonyl (C=O) groups is 1. The van der Waals surface area contributed by atoms with Crippen molar-refractivity contribution in [3.05, 3.63) is 35.6 Å². The molecule has 3 aliphatic carbocycles. The van der Waals surface area contributed by atoms with Crippen LogP contribution in [0.1, 0.15) is 44.1 Å². The molecule has 4 rings (SSSR count). The Morgan fingerprint density at radius 3 is 2.42 bits per heavy atom. The summed E-state index contributed by atoms with van der Waals surface area (Å²) in [6, 6.07) is 6.80. The van der Waals surface area contributed by atoms with Gasteiger partial charge in [-0.25, -0.2) is 4.39 Å². The Labute approximate surface area is 149 Å². The van der Waals surface area contributed by atoms with Crippen molar-refractivity contribution in [2.75, 3.05) is 6.54 Å². The van der Waals surface area contributed by atoms with Crippen LogP contribution < -0.4 is 11.1 Å². The second kappa shape index (κ2) is 6.64. The van der Waals surface area contributed by atoms with E-state index in [9.17, 15) is 9.18 Å². The van der Waals surface area contributed by atoms with Crippen LogP contribution in [0.2, 0.25) is 0 Å². The normalized spacial score (nSPS) is 32.8. The highest BCUT2D eigenvalue weighted by Gasteiger charge is 2.49. The van der Waals surface area contributed by atoms with Crippen molar-refractivity contribution in [3.8, 4) is 0 Å². The lowest BCUT2D eigenvalue weighted by Gasteiger charge is -2.43. The van der Waals surface area contributed by atoms with Gasteiger partial charge in [-0.1, -0.05) is 18.6 Å². The lowest BCUT2D eigenvalue weighted by Crippen LogP contribution is -2.50. The quantitative estimate of drug-likeness (QED) is 0.874. The topological polar surface area (TPSA) is 55.1 Å². The number of halogens is 2. The average molecular weight is 353 g/mol. The van der Waals surface area contributed by atoms with Crippen molar-refractivity contribution in [1.29, 1.82) is 0 Å². The monoisotopic (exact) mass is 352 g/mol. The second-order valence-electron chi connectivity index (χ2n) is 7.79. The predicted molar refractivity (Wildman–Crippen MR) is 94.5 cm³/mol. The summed E-state index contributed by atoms with van der Waals surface area (Å²) < 4.78 is 13.2. The molecule has 0 aliphatic heterocycles. The maximum absolute atomic E-state index is 13.2. The fraction of sp³-hybridized carbons (Fsp3) is 0.632. The van der Waals surface area contributed by atoms with Gasteiger partial charge in [-0.2, -0.15) is 0 Å². The van der Waals surface area contributed by atoms with E-state index in [0.717, 1.165) is 31.2 Å². The summed E-state index contributed by atoms with van der Waals surface area (Å²) in [6.07, 6.45) is 6.75. The number of carbonyl (C=O) groups excluding carboxylic acids is 1. The van der Waals surface area contributed by atoms with Crippen LogP contribution in [0.3, 0.4) is 0 Å². The smallest absolute Gasteiger partial charge is 0.224 e. The summed E-state index contributed by atoms with van der Waals surface area (Å²) in [6.45, 7) is 0.651. The molecule has 4 unspecified atom stereocenters. The Balaban J connectivity index is 0.00000169. The van der Waals surface area contributed by atoms with E-state index in [2.05, 4.69) is 5.32 Å². The van der Waals surface area contributed by atoms with Crippen LogP contribution in [0.25, 0.3) is 0 Å². The van der Waals surface area contributed by atoms with E-state index in [1.807, 2.05) is 12.1 Å². The van der Waals surface area contributed by atoms with E-state index in [4.69, 9.17) is 5.73 Å². The number of hydrogen-bond acceptors (Lipinski definition) is 2. The molecule has 0 radical (unpaired) electrons. The Morgan fingerprint density at radius 1 is 1.21 bits per heavy atom. The summed E-state index contributed by atoms with van der Waals surface area (Å²) in [5.41, 5.74) is 7.41. The molecular formula is C19H26ClFN2O. The van der Waals surface area contributed by atoms with Gasteiger partial charge in [0.1, 0.15) is 5.82 Å². The van der Waals surface area contributed by atoms with Gasteiger partial charge in [0, 0.05) is 18.0 Å². The fourth-order valence-electron chi connectivity index (χ4n) is 5.07. The molecule has 1 aromatic carbocycles. The van der Waals surface area contributed by atoms with Crippen molar-refractivity contribution in [1.82, 2.24) is 5.32 Å². The second-order valence-corrected chi connectivity index (χ2v) is 7.79. The molecule has 2 bridgehead atoms. The first-order chi connectivity index (χ1) is 11.1. The molecular weight excluding hydrogens is 327 g/mol. The van der Waals surface area contributed by atoms with Gasteiger partial charge in [-0.3, -0.25) is 4.79 Å². The molecule has 132 valence electrons. The zero-order valence-corrected chi connectivity index (χ0v) is 14.7. The van der Waals surface area contributed by atoms with Gasteiger partial charge in [-0.05, 0) is 61.6 Å². The molecule has 1 aromatic rings. The Morgan fingerprint density at radius 2 is 1.88 bits per heavy atom. The van der Waals surface area contributed by atoms with Crippen LogP contribution in [0.15, 0.2) is 24.3 Å². The van der Waals surface area contributed by atoms with Gasteiger partial charge in [0.15, 0.2) is 0 Å². The first kappa shape index (κ1) is 17.7. The van der Waals surface area contributed by atoms with Crippen LogP contribution in [0, 0.1) is 23.6 Å². The molecule has 4 atom stereocenters. The van der Waals surface area contributed by atoms with Crippen LogP contribution in [0.4, 0.5) is 4.39 Å². The number of hydrogen-bond donors (Lipinski definition) is 2. The van der Waals surface area contributed by atoms with Crippen LogP contribution in [0.5, 0.6) is 0 Å². The molecule has 3 nitrogen and oxygen atoms in total. The maximum Gasteiger partial charge on any atom is 0.224 e. The van der Waals surface area contributed by atoms with Gasteiger partial charge >= 0.3 is 0 Å². The molecule has 0 saturated heterocycles. The van der Waals surface area contributed by atoms with E-state index in [0.29, 0.717) is 18.4 Å². The SMILES string of the molecule is Cl.NC1C2CCC(C2)C1C(=O)NCC1(c2ccc(F)cc2)CCC1. The van der Waals surface area contributed by atoms with Crippen LogP contribution in [-0.2, 0) is 10.2 Å².